The molecule has 5 rings (SSSR count). The first-order chi connectivity index (χ1) is 14.1. The number of carbonyl (C=O) groups is 1. The van der Waals surface area contributed by atoms with Crippen molar-refractivity contribution in [1.82, 2.24) is 4.90 Å². The minimum Gasteiger partial charge on any atom is -0.279 e. The number of allylic oxidation sites excluding steroid dienone is 1. The molecule has 2 aliphatic heterocycles. The van der Waals surface area contributed by atoms with Crippen molar-refractivity contribution in [2.75, 3.05) is 5.75 Å². The molecule has 1 aliphatic carbocycles. The van der Waals surface area contributed by atoms with Crippen molar-refractivity contribution in [1.29, 1.82) is 0 Å². The first-order valence-corrected chi connectivity index (χ1v) is 11.3. The standard InChI is InChI=1S/C23H18Cl2N2OS/c24-17-8-4-14(5-9-17)12-16-2-1-3-19-21(16)26-23-27(20(28)13-29-23)22(19)15-6-10-18(25)11-7-15/h4-12,22H,1-3,13H2/b16-12-. The van der Waals surface area contributed by atoms with Crippen LogP contribution in [0.4, 0.5) is 0 Å². The second-order valence-corrected chi connectivity index (χ2v) is 9.16. The Hall–Kier alpha value is -2.01. The van der Waals surface area contributed by atoms with Crippen LogP contribution in [0.15, 0.2) is 70.4 Å². The van der Waals surface area contributed by atoms with Gasteiger partial charge in [-0.1, -0.05) is 59.2 Å². The largest absolute Gasteiger partial charge is 0.279 e. The maximum absolute atomic E-state index is 12.7. The molecule has 29 heavy (non-hydrogen) atoms. The summed E-state index contributed by atoms with van der Waals surface area (Å²) in [5, 5.41) is 2.23. The third-order valence-corrected chi connectivity index (χ3v) is 6.93. The van der Waals surface area contributed by atoms with E-state index in [2.05, 4.69) is 6.08 Å². The van der Waals surface area contributed by atoms with Crippen molar-refractivity contribution in [3.8, 4) is 0 Å². The molecule has 0 spiro atoms. The molecule has 1 atom stereocenters. The number of rotatable bonds is 2. The summed E-state index contributed by atoms with van der Waals surface area (Å²) < 4.78 is 0. The quantitative estimate of drug-likeness (QED) is 0.533. The highest BCUT2D eigenvalue weighted by Crippen LogP contribution is 2.47. The third kappa shape index (κ3) is 3.54. The summed E-state index contributed by atoms with van der Waals surface area (Å²) in [7, 11) is 0. The number of hydrogen-bond donors (Lipinski definition) is 0. The molecular weight excluding hydrogens is 423 g/mol. The van der Waals surface area contributed by atoms with E-state index in [0.717, 1.165) is 46.3 Å². The van der Waals surface area contributed by atoms with Crippen molar-refractivity contribution < 1.29 is 4.79 Å². The van der Waals surface area contributed by atoms with E-state index in [1.54, 1.807) is 0 Å². The van der Waals surface area contributed by atoms with Crippen LogP contribution in [0.2, 0.25) is 10.0 Å². The van der Waals surface area contributed by atoms with E-state index in [4.69, 9.17) is 28.2 Å². The smallest absolute Gasteiger partial charge is 0.239 e. The summed E-state index contributed by atoms with van der Waals surface area (Å²) in [6, 6.07) is 15.6. The maximum atomic E-state index is 12.7. The molecule has 3 nitrogen and oxygen atoms in total. The normalized spacial score (nSPS) is 22.6. The van der Waals surface area contributed by atoms with E-state index in [1.807, 2.05) is 53.4 Å². The summed E-state index contributed by atoms with van der Waals surface area (Å²) in [5.41, 5.74) is 5.68. The Morgan fingerprint density at radius 2 is 1.69 bits per heavy atom. The van der Waals surface area contributed by atoms with Crippen LogP contribution >= 0.6 is 35.0 Å². The van der Waals surface area contributed by atoms with Gasteiger partial charge in [0.05, 0.1) is 17.5 Å². The molecule has 146 valence electrons. The number of nitrogens with zero attached hydrogens (tertiary/aromatic N) is 2. The lowest BCUT2D eigenvalue weighted by molar-refractivity contribution is -0.125. The molecule has 0 radical (unpaired) electrons. The Morgan fingerprint density at radius 1 is 1.00 bits per heavy atom. The monoisotopic (exact) mass is 440 g/mol. The van der Waals surface area contributed by atoms with Crippen LogP contribution in [0.3, 0.4) is 0 Å². The number of carbonyl (C=O) groups excluding carboxylic acids is 1. The van der Waals surface area contributed by atoms with Crippen LogP contribution < -0.4 is 0 Å². The predicted molar refractivity (Wildman–Crippen MR) is 121 cm³/mol. The van der Waals surface area contributed by atoms with Gasteiger partial charge in [-0.05, 0) is 71.9 Å². The van der Waals surface area contributed by atoms with E-state index in [-0.39, 0.29) is 11.9 Å². The lowest BCUT2D eigenvalue weighted by Gasteiger charge is -2.37. The third-order valence-electron chi connectivity index (χ3n) is 5.49. The van der Waals surface area contributed by atoms with Gasteiger partial charge in [-0.3, -0.25) is 9.69 Å². The molecule has 1 saturated heterocycles. The van der Waals surface area contributed by atoms with Gasteiger partial charge in [0, 0.05) is 10.0 Å². The molecule has 2 heterocycles. The summed E-state index contributed by atoms with van der Waals surface area (Å²) >= 11 is 13.7. The molecule has 1 fully saturated rings. The molecule has 0 aromatic heterocycles. The highest BCUT2D eigenvalue weighted by molar-refractivity contribution is 8.15. The van der Waals surface area contributed by atoms with Gasteiger partial charge >= 0.3 is 0 Å². The Balaban J connectivity index is 1.64. The van der Waals surface area contributed by atoms with Gasteiger partial charge in [0.25, 0.3) is 0 Å². The van der Waals surface area contributed by atoms with E-state index in [9.17, 15) is 4.79 Å². The lowest BCUT2D eigenvalue weighted by Crippen LogP contribution is -2.38. The summed E-state index contributed by atoms with van der Waals surface area (Å²) in [4.78, 5) is 19.5. The fourth-order valence-corrected chi connectivity index (χ4v) is 5.33. The van der Waals surface area contributed by atoms with Crippen molar-refractivity contribution in [2.45, 2.75) is 25.3 Å². The van der Waals surface area contributed by atoms with Gasteiger partial charge in [-0.2, -0.15) is 0 Å². The minimum absolute atomic E-state index is 0.105. The Morgan fingerprint density at radius 3 is 2.41 bits per heavy atom. The molecule has 0 N–H and O–H groups in total. The van der Waals surface area contributed by atoms with Crippen LogP contribution in [0.5, 0.6) is 0 Å². The van der Waals surface area contributed by atoms with Crippen LogP contribution in [0.25, 0.3) is 6.08 Å². The second-order valence-electron chi connectivity index (χ2n) is 7.35. The fraction of sp³-hybridized carbons (Fsp3) is 0.217. The van der Waals surface area contributed by atoms with E-state index in [1.165, 1.54) is 22.9 Å². The van der Waals surface area contributed by atoms with Crippen LogP contribution in [0.1, 0.15) is 36.4 Å². The van der Waals surface area contributed by atoms with Crippen molar-refractivity contribution in [3.63, 3.8) is 0 Å². The Bertz CT molecular complexity index is 1070. The Labute approximate surface area is 184 Å². The fourth-order valence-electron chi connectivity index (χ4n) is 4.18. The van der Waals surface area contributed by atoms with Gasteiger partial charge in [-0.25, -0.2) is 4.99 Å². The average Bonchev–Trinajstić information content (AvgIpc) is 3.10. The van der Waals surface area contributed by atoms with Crippen molar-refractivity contribution in [3.05, 3.63) is 86.5 Å². The summed E-state index contributed by atoms with van der Waals surface area (Å²) in [6.07, 6.45) is 5.16. The molecule has 2 aromatic rings. The van der Waals surface area contributed by atoms with E-state index >= 15 is 0 Å². The second kappa shape index (κ2) is 7.67. The number of hydrogen-bond acceptors (Lipinski definition) is 3. The van der Waals surface area contributed by atoms with Gasteiger partial charge in [0.2, 0.25) is 5.91 Å². The summed E-state index contributed by atoms with van der Waals surface area (Å²) in [5.74, 6) is 0.564. The zero-order valence-electron chi connectivity index (χ0n) is 15.6. The first-order valence-electron chi connectivity index (χ1n) is 9.59. The van der Waals surface area contributed by atoms with Crippen LogP contribution in [-0.2, 0) is 4.79 Å². The molecule has 0 saturated carbocycles. The molecule has 6 heteroatoms. The SMILES string of the molecule is O=C1CSC2=NC3=C(CCC/C3=C/c3ccc(Cl)cc3)C(c3ccc(Cl)cc3)N12. The molecule has 3 aliphatic rings. The van der Waals surface area contributed by atoms with Crippen molar-refractivity contribution in [2.24, 2.45) is 4.99 Å². The van der Waals surface area contributed by atoms with E-state index < -0.39 is 0 Å². The highest BCUT2D eigenvalue weighted by atomic mass is 35.5. The first kappa shape index (κ1) is 19.0. The number of halogens is 2. The molecule has 1 unspecified atom stereocenters. The topological polar surface area (TPSA) is 32.7 Å². The molecular formula is C23H18Cl2N2OS. The number of amides is 1. The van der Waals surface area contributed by atoms with Gasteiger partial charge in [0.1, 0.15) is 0 Å². The summed E-state index contributed by atoms with van der Waals surface area (Å²) in [6.45, 7) is 0. The van der Waals surface area contributed by atoms with Crippen molar-refractivity contribution >= 4 is 52.1 Å². The number of benzene rings is 2. The van der Waals surface area contributed by atoms with Gasteiger partial charge in [0.15, 0.2) is 5.17 Å². The Kier molecular flexibility index (Phi) is 5.02. The number of amidine groups is 1. The van der Waals surface area contributed by atoms with Gasteiger partial charge < -0.3 is 0 Å². The highest BCUT2D eigenvalue weighted by Gasteiger charge is 2.42. The predicted octanol–water partition coefficient (Wildman–Crippen LogP) is 6.50. The van der Waals surface area contributed by atoms with E-state index in [0.29, 0.717) is 10.8 Å². The number of fused-ring (bicyclic) bond motifs is 1. The lowest BCUT2D eigenvalue weighted by atomic mass is 9.83. The minimum atomic E-state index is -0.105. The van der Waals surface area contributed by atoms with Crippen LogP contribution in [0, 0.1) is 0 Å². The van der Waals surface area contributed by atoms with Crippen LogP contribution in [-0.4, -0.2) is 21.7 Å². The zero-order valence-corrected chi connectivity index (χ0v) is 17.9. The zero-order chi connectivity index (χ0) is 20.0. The number of aliphatic imine (C=N–C) groups is 1. The maximum Gasteiger partial charge on any atom is 0.239 e. The number of thioether (sulfide) groups is 1. The molecule has 0 bridgehead atoms. The van der Waals surface area contributed by atoms with Gasteiger partial charge in [-0.15, -0.1) is 0 Å². The average molecular weight is 441 g/mol. The molecule has 1 amide bonds. The molecule has 2 aromatic carbocycles.